The van der Waals surface area contributed by atoms with Crippen molar-refractivity contribution in [3.63, 3.8) is 0 Å². The highest BCUT2D eigenvalue weighted by Gasteiger charge is 2.48. The van der Waals surface area contributed by atoms with Crippen LogP contribution in [0.15, 0.2) is 126 Å². The summed E-state index contributed by atoms with van der Waals surface area (Å²) in [5.41, 5.74) is 0.974. The molecule has 2 N–H and O–H groups in total. The molecule has 0 saturated carbocycles. The van der Waals surface area contributed by atoms with Crippen LogP contribution < -0.4 is 20.5 Å². The summed E-state index contributed by atoms with van der Waals surface area (Å²) in [4.78, 5) is 30.1. The monoisotopic (exact) mass is 707 g/mol. The van der Waals surface area contributed by atoms with Crippen LogP contribution in [0.3, 0.4) is 0 Å². The molecule has 52 heavy (non-hydrogen) atoms. The Hall–Kier alpha value is -5.37. The van der Waals surface area contributed by atoms with Gasteiger partial charge in [0.25, 0.3) is 5.91 Å². The standard InChI is InChI=1S/C40H41N3O9/c1-47-24-25-50-36-33(52-38(35(36)44)43-23-22-34(42-39(43)46)41-37(45)27-10-6-4-7-11-27)26-51-40(28-12-8-5-9-13-28,29-14-18-31(48-2)19-15-29)30-16-20-32(49-3)21-17-30/h4-23,33,35-36,38,44H,24-26H2,1-3H3,(H,41,42,45,46)/t33-,35-,36-,38-/m1/s1. The SMILES string of the molecule is COCCO[C@H]1[C@@H](O)[C@H](n2ccc(NC(=O)c3ccccc3)nc2=O)O[C@@H]1COC(c1ccccc1)(c1ccc(OC)cc1)c1ccc(OC)cc1. The molecule has 4 aromatic carbocycles. The van der Waals surface area contributed by atoms with E-state index in [-0.39, 0.29) is 25.6 Å². The highest BCUT2D eigenvalue weighted by Crippen LogP contribution is 2.43. The van der Waals surface area contributed by atoms with E-state index in [0.29, 0.717) is 17.1 Å². The van der Waals surface area contributed by atoms with Crippen molar-refractivity contribution in [2.75, 3.05) is 46.5 Å². The minimum atomic E-state index is -1.29. The summed E-state index contributed by atoms with van der Waals surface area (Å²) in [5.74, 6) is 1.01. The summed E-state index contributed by atoms with van der Waals surface area (Å²) in [5, 5.41) is 14.3. The second-order valence-corrected chi connectivity index (χ2v) is 12.0. The minimum absolute atomic E-state index is 0.0574. The molecule has 0 radical (unpaired) electrons. The van der Waals surface area contributed by atoms with Crippen LogP contribution in [0, 0.1) is 0 Å². The number of amides is 1. The Morgan fingerprint density at radius 3 is 1.94 bits per heavy atom. The third-order valence-electron chi connectivity index (χ3n) is 8.93. The summed E-state index contributed by atoms with van der Waals surface area (Å²) >= 11 is 0. The fraction of sp³-hybridized carbons (Fsp3) is 0.275. The largest absolute Gasteiger partial charge is 0.497 e. The van der Waals surface area contributed by atoms with Crippen molar-refractivity contribution in [3.05, 3.63) is 154 Å². The van der Waals surface area contributed by atoms with E-state index in [1.807, 2.05) is 78.9 Å². The molecule has 12 heteroatoms. The molecular weight excluding hydrogens is 666 g/mol. The number of aliphatic hydroxyl groups excluding tert-OH is 1. The number of hydrogen-bond donors (Lipinski definition) is 2. The quantitative estimate of drug-likeness (QED) is 0.115. The molecule has 5 aromatic rings. The Bertz CT molecular complexity index is 1910. The van der Waals surface area contributed by atoms with Crippen molar-refractivity contribution in [1.29, 1.82) is 0 Å². The zero-order valence-electron chi connectivity index (χ0n) is 29.1. The first-order chi connectivity index (χ1) is 25.4. The van der Waals surface area contributed by atoms with Crippen molar-refractivity contribution in [2.45, 2.75) is 30.1 Å². The van der Waals surface area contributed by atoms with Gasteiger partial charge in [0.15, 0.2) is 6.23 Å². The maximum absolute atomic E-state index is 13.3. The summed E-state index contributed by atoms with van der Waals surface area (Å²) in [6, 6.07) is 35.1. The van der Waals surface area contributed by atoms with Gasteiger partial charge in [-0.25, -0.2) is 4.79 Å². The van der Waals surface area contributed by atoms with Crippen LogP contribution in [0.25, 0.3) is 0 Å². The van der Waals surface area contributed by atoms with Gasteiger partial charge >= 0.3 is 5.69 Å². The lowest BCUT2D eigenvalue weighted by molar-refractivity contribution is -0.107. The number of rotatable bonds is 15. The molecular formula is C40H41N3O9. The molecule has 1 fully saturated rings. The van der Waals surface area contributed by atoms with Crippen LogP contribution in [-0.4, -0.2) is 80.0 Å². The van der Waals surface area contributed by atoms with Gasteiger partial charge < -0.3 is 38.8 Å². The number of benzene rings is 4. The first-order valence-corrected chi connectivity index (χ1v) is 16.8. The van der Waals surface area contributed by atoms with Gasteiger partial charge in [0.2, 0.25) is 0 Å². The molecule has 1 aromatic heterocycles. The van der Waals surface area contributed by atoms with E-state index in [2.05, 4.69) is 10.3 Å². The number of aromatic nitrogens is 2. The summed E-state index contributed by atoms with van der Waals surface area (Å²) < 4.78 is 36.9. The van der Waals surface area contributed by atoms with Gasteiger partial charge in [-0.3, -0.25) is 9.36 Å². The van der Waals surface area contributed by atoms with Crippen LogP contribution in [-0.2, 0) is 24.5 Å². The van der Waals surface area contributed by atoms with Crippen molar-refractivity contribution in [2.24, 2.45) is 0 Å². The molecule has 2 heterocycles. The lowest BCUT2D eigenvalue weighted by Crippen LogP contribution is -2.41. The third-order valence-corrected chi connectivity index (χ3v) is 8.93. The predicted octanol–water partition coefficient (Wildman–Crippen LogP) is 4.81. The van der Waals surface area contributed by atoms with E-state index in [1.54, 1.807) is 51.7 Å². The van der Waals surface area contributed by atoms with Crippen molar-refractivity contribution in [1.82, 2.24) is 9.55 Å². The summed E-state index contributed by atoms with van der Waals surface area (Å²) in [6.07, 6.45) is -2.80. The van der Waals surface area contributed by atoms with Gasteiger partial charge in [-0.15, -0.1) is 0 Å². The van der Waals surface area contributed by atoms with Gasteiger partial charge in [0.05, 0.1) is 34.0 Å². The van der Waals surface area contributed by atoms with Gasteiger partial charge in [0.1, 0.15) is 41.2 Å². The van der Waals surface area contributed by atoms with Crippen LogP contribution in [0.5, 0.6) is 11.5 Å². The van der Waals surface area contributed by atoms with Crippen LogP contribution in [0.2, 0.25) is 0 Å². The number of hydrogen-bond acceptors (Lipinski definition) is 10. The number of ether oxygens (including phenoxy) is 6. The Balaban J connectivity index is 1.33. The van der Waals surface area contributed by atoms with Crippen molar-refractivity contribution in [3.8, 4) is 11.5 Å². The zero-order chi connectivity index (χ0) is 36.5. The van der Waals surface area contributed by atoms with Gasteiger partial charge in [-0.1, -0.05) is 72.8 Å². The highest BCUT2D eigenvalue weighted by molar-refractivity contribution is 6.03. The summed E-state index contributed by atoms with van der Waals surface area (Å²) in [6.45, 7) is 0.360. The number of aliphatic hydroxyl groups is 1. The molecule has 12 nitrogen and oxygen atoms in total. The maximum atomic E-state index is 13.3. The minimum Gasteiger partial charge on any atom is -0.497 e. The molecule has 0 unspecified atom stereocenters. The van der Waals surface area contributed by atoms with Crippen molar-refractivity contribution >= 4 is 11.7 Å². The van der Waals surface area contributed by atoms with Crippen LogP contribution in [0.1, 0.15) is 33.3 Å². The Morgan fingerprint density at radius 2 is 1.38 bits per heavy atom. The molecule has 0 bridgehead atoms. The molecule has 6 rings (SSSR count). The van der Waals surface area contributed by atoms with Gasteiger partial charge in [-0.05, 0) is 59.2 Å². The second-order valence-electron chi connectivity index (χ2n) is 12.0. The fourth-order valence-electron chi connectivity index (χ4n) is 6.29. The molecule has 4 atom stereocenters. The number of nitrogens with zero attached hydrogens (tertiary/aromatic N) is 2. The Kier molecular flexibility index (Phi) is 11.7. The van der Waals surface area contributed by atoms with Gasteiger partial charge in [-0.2, -0.15) is 4.98 Å². The van der Waals surface area contributed by atoms with Crippen LogP contribution in [0.4, 0.5) is 5.82 Å². The van der Waals surface area contributed by atoms with Crippen molar-refractivity contribution < 1.29 is 38.3 Å². The number of carbonyl (C=O) groups excluding carboxylic acids is 1. The fourth-order valence-corrected chi connectivity index (χ4v) is 6.29. The van der Waals surface area contributed by atoms with E-state index in [0.717, 1.165) is 16.7 Å². The molecule has 1 saturated heterocycles. The molecule has 1 aliphatic heterocycles. The number of anilines is 1. The highest BCUT2D eigenvalue weighted by atomic mass is 16.6. The zero-order valence-corrected chi connectivity index (χ0v) is 29.1. The third kappa shape index (κ3) is 7.76. The first-order valence-electron chi connectivity index (χ1n) is 16.8. The molecule has 270 valence electrons. The average Bonchev–Trinajstić information content (AvgIpc) is 3.50. The molecule has 1 aliphatic rings. The normalized spacial score (nSPS) is 18.5. The van der Waals surface area contributed by atoms with E-state index in [9.17, 15) is 14.7 Å². The van der Waals surface area contributed by atoms with E-state index in [4.69, 9.17) is 28.4 Å². The topological polar surface area (TPSA) is 140 Å². The maximum Gasteiger partial charge on any atom is 0.351 e. The van der Waals surface area contributed by atoms with E-state index < -0.39 is 41.7 Å². The van der Waals surface area contributed by atoms with Crippen LogP contribution >= 0.6 is 0 Å². The molecule has 0 spiro atoms. The Labute approximate surface area is 301 Å². The lowest BCUT2D eigenvalue weighted by Gasteiger charge is -2.37. The molecule has 0 aliphatic carbocycles. The first kappa shape index (κ1) is 36.4. The lowest BCUT2D eigenvalue weighted by atomic mass is 9.80. The second kappa shape index (κ2) is 16.8. The average molecular weight is 708 g/mol. The number of nitrogens with one attached hydrogen (secondary N) is 1. The van der Waals surface area contributed by atoms with Gasteiger partial charge in [0, 0.05) is 18.9 Å². The smallest absolute Gasteiger partial charge is 0.351 e. The number of methoxy groups -OCH3 is 3. The van der Waals surface area contributed by atoms with E-state index in [1.165, 1.54) is 16.8 Å². The molecule has 1 amide bonds. The summed E-state index contributed by atoms with van der Waals surface area (Å²) in [7, 11) is 4.77. The number of carbonyl (C=O) groups is 1. The Morgan fingerprint density at radius 1 is 0.808 bits per heavy atom. The predicted molar refractivity (Wildman–Crippen MR) is 193 cm³/mol. The van der Waals surface area contributed by atoms with E-state index >= 15 is 0 Å².